The molecule has 0 saturated carbocycles. The van der Waals surface area contributed by atoms with Crippen LogP contribution in [0.1, 0.15) is 20.8 Å². The fraction of sp³-hybridized carbons (Fsp3) is 0.125. The van der Waals surface area contributed by atoms with Gasteiger partial charge in [-0.2, -0.15) is 0 Å². The van der Waals surface area contributed by atoms with E-state index in [1.165, 1.54) is 30.6 Å². The second kappa shape index (κ2) is 7.38. The number of aliphatic carboxylic acids is 1. The highest BCUT2D eigenvalue weighted by molar-refractivity contribution is 9.11. The number of ether oxygens (including phenoxy) is 1. The lowest BCUT2D eigenvalue weighted by atomic mass is 10.0. The average molecular weight is 380 g/mol. The van der Waals surface area contributed by atoms with E-state index in [0.717, 1.165) is 8.66 Å². The molecule has 6 heteroatoms. The van der Waals surface area contributed by atoms with Crippen molar-refractivity contribution in [2.45, 2.75) is 6.42 Å². The summed E-state index contributed by atoms with van der Waals surface area (Å²) in [5.41, 5.74) is 0.824. The summed E-state index contributed by atoms with van der Waals surface area (Å²) in [4.78, 5) is 23.9. The second-order valence-corrected chi connectivity index (χ2v) is 6.91. The number of benzene rings is 1. The molecular weight excluding hydrogens is 368 g/mol. The maximum atomic E-state index is 12.2. The molecule has 2 aromatic rings. The van der Waals surface area contributed by atoms with E-state index < -0.39 is 5.97 Å². The monoisotopic (exact) mass is 379 g/mol. The summed E-state index contributed by atoms with van der Waals surface area (Å²) >= 11 is 4.87. The number of rotatable bonds is 6. The predicted molar refractivity (Wildman–Crippen MR) is 87.1 cm³/mol. The maximum Gasteiger partial charge on any atom is 0.185 e. The predicted octanol–water partition coefficient (Wildman–Crippen LogP) is 2.71. The first kappa shape index (κ1) is 16.5. The Bertz CT molecular complexity index is 733. The number of halogens is 1. The first-order valence-electron chi connectivity index (χ1n) is 6.34. The number of allylic oxidation sites excluding steroid dienone is 1. The number of carboxylic acids is 1. The summed E-state index contributed by atoms with van der Waals surface area (Å²) < 4.78 is 6.08. The average Bonchev–Trinajstić information content (AvgIpc) is 2.89. The zero-order valence-electron chi connectivity index (χ0n) is 11.7. The molecule has 0 amide bonds. The van der Waals surface area contributed by atoms with Gasteiger partial charge in [0.1, 0.15) is 5.75 Å². The Kier molecular flexibility index (Phi) is 5.51. The summed E-state index contributed by atoms with van der Waals surface area (Å²) in [5, 5.41) is 10.8. The van der Waals surface area contributed by atoms with Crippen molar-refractivity contribution in [1.82, 2.24) is 0 Å². The van der Waals surface area contributed by atoms with Crippen molar-refractivity contribution in [2.24, 2.45) is 0 Å². The fourth-order valence-electron chi connectivity index (χ4n) is 1.90. The molecule has 0 aliphatic heterocycles. The van der Waals surface area contributed by atoms with Crippen molar-refractivity contribution in [2.75, 3.05) is 7.11 Å². The minimum atomic E-state index is -1.22. The first-order chi connectivity index (χ1) is 10.5. The van der Waals surface area contributed by atoms with Crippen LogP contribution in [0.2, 0.25) is 0 Å². The van der Waals surface area contributed by atoms with Crippen molar-refractivity contribution < 1.29 is 19.4 Å². The van der Waals surface area contributed by atoms with Crippen molar-refractivity contribution >= 4 is 45.1 Å². The van der Waals surface area contributed by atoms with Crippen LogP contribution in [-0.2, 0) is 11.2 Å². The van der Waals surface area contributed by atoms with Gasteiger partial charge in [-0.05, 0) is 58.4 Å². The van der Waals surface area contributed by atoms with Crippen LogP contribution in [0.3, 0.4) is 0 Å². The lowest BCUT2D eigenvalue weighted by molar-refractivity contribution is -0.304. The Labute approximate surface area is 140 Å². The summed E-state index contributed by atoms with van der Waals surface area (Å²) in [6.07, 6.45) is 2.88. The number of carboxylic acid groups (broad SMARTS) is 1. The number of ketones is 1. The highest BCUT2D eigenvalue weighted by Gasteiger charge is 2.09. The molecule has 0 aliphatic carbocycles. The van der Waals surface area contributed by atoms with Crippen LogP contribution in [0, 0.1) is 0 Å². The quantitative estimate of drug-likeness (QED) is 0.571. The smallest absolute Gasteiger partial charge is 0.185 e. The lowest BCUT2D eigenvalue weighted by Crippen LogP contribution is -2.24. The number of thiophene rings is 1. The zero-order valence-corrected chi connectivity index (χ0v) is 14.1. The fourth-order valence-corrected chi connectivity index (χ4v) is 3.22. The minimum Gasteiger partial charge on any atom is -0.550 e. The van der Waals surface area contributed by atoms with Gasteiger partial charge in [0.15, 0.2) is 5.78 Å². The SMILES string of the molecule is COc1ccc(C(=O)/C=C/c2ccc(Br)s2)cc1CC(=O)[O-]. The molecule has 1 aromatic carbocycles. The van der Waals surface area contributed by atoms with E-state index in [1.54, 1.807) is 18.2 Å². The standard InChI is InChI=1S/C16H13BrO4S/c1-21-14-6-2-10(8-11(14)9-16(19)20)13(18)5-3-12-4-7-15(17)22-12/h2-8H,9H2,1H3,(H,19,20)/p-1/b5-3+. The Hall–Kier alpha value is -1.92. The van der Waals surface area contributed by atoms with Gasteiger partial charge in [-0.1, -0.05) is 0 Å². The molecule has 0 fully saturated rings. The summed E-state index contributed by atoms with van der Waals surface area (Å²) in [5.74, 6) is -0.999. The van der Waals surface area contributed by atoms with Crippen LogP contribution in [0.4, 0.5) is 0 Å². The molecule has 0 N–H and O–H groups in total. The molecular formula is C16H12BrO4S-. The van der Waals surface area contributed by atoms with Crippen LogP contribution in [-0.4, -0.2) is 18.9 Å². The minimum absolute atomic E-state index is 0.202. The highest BCUT2D eigenvalue weighted by atomic mass is 79.9. The van der Waals surface area contributed by atoms with Crippen LogP contribution >= 0.6 is 27.3 Å². The van der Waals surface area contributed by atoms with Crippen LogP contribution in [0.15, 0.2) is 40.2 Å². The Balaban J connectivity index is 2.22. The van der Waals surface area contributed by atoms with E-state index in [-0.39, 0.29) is 12.2 Å². The lowest BCUT2D eigenvalue weighted by Gasteiger charge is -2.10. The number of carbonyl (C=O) groups excluding carboxylic acids is 2. The number of methoxy groups -OCH3 is 1. The zero-order chi connectivity index (χ0) is 16.1. The molecule has 4 nitrogen and oxygen atoms in total. The first-order valence-corrected chi connectivity index (χ1v) is 7.95. The van der Waals surface area contributed by atoms with E-state index in [2.05, 4.69) is 15.9 Å². The normalized spacial score (nSPS) is 10.8. The molecule has 0 radical (unpaired) electrons. The molecule has 0 bridgehead atoms. The largest absolute Gasteiger partial charge is 0.550 e. The molecule has 22 heavy (non-hydrogen) atoms. The van der Waals surface area contributed by atoms with Crippen molar-refractivity contribution in [3.63, 3.8) is 0 Å². The maximum absolute atomic E-state index is 12.2. The van der Waals surface area contributed by atoms with Crippen molar-refractivity contribution in [3.8, 4) is 5.75 Å². The second-order valence-electron chi connectivity index (χ2n) is 4.41. The van der Waals surface area contributed by atoms with Crippen LogP contribution in [0.5, 0.6) is 5.75 Å². The summed E-state index contributed by atoms with van der Waals surface area (Å²) in [7, 11) is 1.45. The molecule has 114 valence electrons. The van der Waals surface area contributed by atoms with E-state index in [9.17, 15) is 14.7 Å². The van der Waals surface area contributed by atoms with Crippen LogP contribution in [0.25, 0.3) is 6.08 Å². The van der Waals surface area contributed by atoms with Gasteiger partial charge in [0.2, 0.25) is 0 Å². The molecule has 0 aliphatic rings. The molecule has 1 heterocycles. The molecule has 0 unspecified atom stereocenters. The van der Waals surface area contributed by atoms with Gasteiger partial charge in [0.25, 0.3) is 0 Å². The topological polar surface area (TPSA) is 66.4 Å². The molecule has 0 atom stereocenters. The Morgan fingerprint density at radius 3 is 2.68 bits per heavy atom. The molecule has 0 saturated heterocycles. The van der Waals surface area contributed by atoms with Crippen molar-refractivity contribution in [1.29, 1.82) is 0 Å². The number of hydrogen-bond acceptors (Lipinski definition) is 5. The third kappa shape index (κ3) is 4.29. The summed E-state index contributed by atoms with van der Waals surface area (Å²) in [6.45, 7) is 0. The van der Waals surface area contributed by atoms with Crippen molar-refractivity contribution in [3.05, 3.63) is 56.2 Å². The Morgan fingerprint density at radius 1 is 1.32 bits per heavy atom. The van der Waals surface area contributed by atoms with Gasteiger partial charge >= 0.3 is 0 Å². The molecule has 1 aromatic heterocycles. The van der Waals surface area contributed by atoms with E-state index in [1.807, 2.05) is 12.1 Å². The molecule has 2 rings (SSSR count). The third-order valence-corrected chi connectivity index (χ3v) is 4.48. The molecule has 0 spiro atoms. The van der Waals surface area contributed by atoms with E-state index >= 15 is 0 Å². The Morgan fingerprint density at radius 2 is 2.09 bits per heavy atom. The van der Waals surface area contributed by atoms with Gasteiger partial charge in [-0.15, -0.1) is 11.3 Å². The van der Waals surface area contributed by atoms with Gasteiger partial charge in [-0.3, -0.25) is 4.79 Å². The number of carbonyl (C=O) groups is 2. The highest BCUT2D eigenvalue weighted by Crippen LogP contribution is 2.24. The van der Waals surface area contributed by atoms with Crippen LogP contribution < -0.4 is 9.84 Å². The van der Waals surface area contributed by atoms with E-state index in [0.29, 0.717) is 16.9 Å². The summed E-state index contributed by atoms with van der Waals surface area (Å²) in [6, 6.07) is 8.51. The van der Waals surface area contributed by atoms with E-state index in [4.69, 9.17) is 4.74 Å². The third-order valence-electron chi connectivity index (χ3n) is 2.89. The van der Waals surface area contributed by atoms with Gasteiger partial charge in [-0.25, -0.2) is 0 Å². The van der Waals surface area contributed by atoms with Gasteiger partial charge in [0.05, 0.1) is 10.9 Å². The van der Waals surface area contributed by atoms with Gasteiger partial charge < -0.3 is 14.6 Å². The number of hydrogen-bond donors (Lipinski definition) is 0. The van der Waals surface area contributed by atoms with Gasteiger partial charge in [0, 0.05) is 28.4 Å².